The number of alkyl halides is 3. The lowest BCUT2D eigenvalue weighted by atomic mass is 10.1. The van der Waals surface area contributed by atoms with Crippen LogP contribution in [0.15, 0.2) is 30.3 Å². The van der Waals surface area contributed by atoms with Crippen molar-refractivity contribution >= 4 is 5.91 Å². The van der Waals surface area contributed by atoms with Crippen LogP contribution in [0, 0.1) is 0 Å². The van der Waals surface area contributed by atoms with Crippen molar-refractivity contribution in [1.29, 1.82) is 0 Å². The SMILES string of the molecule is CN(CC(F)(F)F)C(=O)C[C@@H]1CN(Cc2ccccc2)CCO1. The molecule has 1 aromatic carbocycles. The van der Waals surface area contributed by atoms with Crippen LogP contribution in [0.4, 0.5) is 13.2 Å². The van der Waals surface area contributed by atoms with E-state index in [1.165, 1.54) is 7.05 Å². The number of amides is 1. The Morgan fingerprint density at radius 3 is 2.70 bits per heavy atom. The summed E-state index contributed by atoms with van der Waals surface area (Å²) in [6.07, 6.45) is -4.77. The summed E-state index contributed by atoms with van der Waals surface area (Å²) in [6.45, 7) is 1.28. The van der Waals surface area contributed by atoms with Crippen LogP contribution in [-0.4, -0.2) is 61.3 Å². The van der Waals surface area contributed by atoms with Gasteiger partial charge in [-0.25, -0.2) is 0 Å². The Hall–Kier alpha value is -1.60. The molecule has 4 nitrogen and oxygen atoms in total. The fraction of sp³-hybridized carbons (Fsp3) is 0.562. The first-order valence-electron chi connectivity index (χ1n) is 7.52. The van der Waals surface area contributed by atoms with Crippen LogP contribution in [-0.2, 0) is 16.1 Å². The van der Waals surface area contributed by atoms with Gasteiger partial charge >= 0.3 is 6.18 Å². The highest BCUT2D eigenvalue weighted by atomic mass is 19.4. The number of rotatable bonds is 5. The van der Waals surface area contributed by atoms with Gasteiger partial charge in [0.05, 0.1) is 19.1 Å². The molecule has 1 aliphatic heterocycles. The average molecular weight is 330 g/mol. The van der Waals surface area contributed by atoms with Gasteiger partial charge in [0.25, 0.3) is 0 Å². The number of ether oxygens (including phenoxy) is 1. The standard InChI is InChI=1S/C16H21F3N2O2/c1-20(12-16(17,18)19)15(22)9-14-11-21(7-8-23-14)10-13-5-3-2-4-6-13/h2-6,14H,7-12H2,1H3/t14-/m1/s1. The molecule has 0 bridgehead atoms. The number of benzene rings is 1. The maximum atomic E-state index is 12.3. The third-order valence-electron chi connectivity index (χ3n) is 3.72. The van der Waals surface area contributed by atoms with E-state index >= 15 is 0 Å². The van der Waals surface area contributed by atoms with Crippen LogP contribution < -0.4 is 0 Å². The second-order valence-electron chi connectivity index (χ2n) is 5.78. The molecule has 0 spiro atoms. The minimum absolute atomic E-state index is 0.0299. The Kier molecular flexibility index (Phi) is 6.01. The Labute approximate surface area is 133 Å². The van der Waals surface area contributed by atoms with Crippen molar-refractivity contribution < 1.29 is 22.7 Å². The molecule has 1 atom stereocenters. The van der Waals surface area contributed by atoms with Gasteiger partial charge in [-0.05, 0) is 5.56 Å². The Morgan fingerprint density at radius 2 is 2.04 bits per heavy atom. The minimum Gasteiger partial charge on any atom is -0.375 e. The molecule has 0 aromatic heterocycles. The van der Waals surface area contributed by atoms with E-state index in [0.29, 0.717) is 18.1 Å². The molecular formula is C16H21F3N2O2. The van der Waals surface area contributed by atoms with Gasteiger partial charge in [-0.1, -0.05) is 30.3 Å². The zero-order valence-electron chi connectivity index (χ0n) is 13.1. The number of halogens is 3. The third-order valence-corrected chi connectivity index (χ3v) is 3.72. The summed E-state index contributed by atoms with van der Waals surface area (Å²) in [5.41, 5.74) is 1.16. The second-order valence-corrected chi connectivity index (χ2v) is 5.78. The van der Waals surface area contributed by atoms with Crippen LogP contribution in [0.3, 0.4) is 0 Å². The molecule has 1 amide bonds. The van der Waals surface area contributed by atoms with Gasteiger partial charge in [-0.15, -0.1) is 0 Å². The van der Waals surface area contributed by atoms with Gasteiger partial charge < -0.3 is 9.64 Å². The Bertz CT molecular complexity index is 508. The van der Waals surface area contributed by atoms with Gasteiger partial charge in [-0.2, -0.15) is 13.2 Å². The Morgan fingerprint density at radius 1 is 1.35 bits per heavy atom. The third kappa shape index (κ3) is 6.19. The summed E-state index contributed by atoms with van der Waals surface area (Å²) >= 11 is 0. The zero-order chi connectivity index (χ0) is 16.9. The summed E-state index contributed by atoms with van der Waals surface area (Å²) in [6, 6.07) is 9.91. The van der Waals surface area contributed by atoms with Crippen LogP contribution in [0.2, 0.25) is 0 Å². The molecular weight excluding hydrogens is 309 g/mol. The molecule has 1 aromatic rings. The largest absolute Gasteiger partial charge is 0.406 e. The number of carbonyl (C=O) groups excluding carboxylic acids is 1. The summed E-state index contributed by atoms with van der Waals surface area (Å²) < 4.78 is 42.5. The fourth-order valence-electron chi connectivity index (χ4n) is 2.60. The highest BCUT2D eigenvalue weighted by molar-refractivity contribution is 5.76. The molecule has 0 N–H and O–H groups in total. The van der Waals surface area contributed by atoms with Gasteiger partial charge in [0.15, 0.2) is 0 Å². The van der Waals surface area contributed by atoms with Gasteiger partial charge in [0, 0.05) is 26.7 Å². The Balaban J connectivity index is 1.83. The van der Waals surface area contributed by atoms with Crippen LogP contribution in [0.5, 0.6) is 0 Å². The monoisotopic (exact) mass is 330 g/mol. The molecule has 1 saturated heterocycles. The zero-order valence-corrected chi connectivity index (χ0v) is 13.1. The maximum absolute atomic E-state index is 12.3. The highest BCUT2D eigenvalue weighted by Gasteiger charge is 2.32. The van der Waals surface area contributed by atoms with Crippen LogP contribution >= 0.6 is 0 Å². The molecule has 1 heterocycles. The number of nitrogens with zero attached hydrogens (tertiary/aromatic N) is 2. The summed E-state index contributed by atoms with van der Waals surface area (Å²) in [5, 5.41) is 0. The molecule has 1 fully saturated rings. The highest BCUT2D eigenvalue weighted by Crippen LogP contribution is 2.18. The minimum atomic E-state index is -4.38. The quantitative estimate of drug-likeness (QED) is 0.830. The van der Waals surface area contributed by atoms with Crippen LogP contribution in [0.1, 0.15) is 12.0 Å². The smallest absolute Gasteiger partial charge is 0.375 e. The second kappa shape index (κ2) is 7.79. The van der Waals surface area contributed by atoms with Gasteiger partial charge in [0.2, 0.25) is 5.91 Å². The lowest BCUT2D eigenvalue weighted by Gasteiger charge is -2.33. The normalized spacial score (nSPS) is 19.6. The molecule has 1 aliphatic rings. The van der Waals surface area contributed by atoms with Crippen LogP contribution in [0.25, 0.3) is 0 Å². The van der Waals surface area contributed by atoms with E-state index in [9.17, 15) is 18.0 Å². The summed E-state index contributed by atoms with van der Waals surface area (Å²) in [5.74, 6) is -0.547. The van der Waals surface area contributed by atoms with Gasteiger partial charge in [0.1, 0.15) is 6.54 Å². The topological polar surface area (TPSA) is 32.8 Å². The van der Waals surface area contributed by atoms with Crippen molar-refractivity contribution in [3.05, 3.63) is 35.9 Å². The fourth-order valence-corrected chi connectivity index (χ4v) is 2.60. The first-order chi connectivity index (χ1) is 10.8. The van der Waals surface area contributed by atoms with Crippen molar-refractivity contribution in [2.24, 2.45) is 0 Å². The molecule has 128 valence electrons. The predicted octanol–water partition coefficient (Wildman–Crippen LogP) is 2.30. The van der Waals surface area contributed by atoms with E-state index < -0.39 is 18.6 Å². The maximum Gasteiger partial charge on any atom is 0.406 e. The number of hydrogen-bond donors (Lipinski definition) is 0. The number of carbonyl (C=O) groups is 1. The van der Waals surface area contributed by atoms with Crippen molar-refractivity contribution in [1.82, 2.24) is 9.80 Å². The van der Waals surface area contributed by atoms with E-state index in [1.807, 2.05) is 30.3 Å². The van der Waals surface area contributed by atoms with E-state index in [0.717, 1.165) is 18.7 Å². The average Bonchev–Trinajstić information content (AvgIpc) is 2.47. The van der Waals surface area contributed by atoms with Gasteiger partial charge in [-0.3, -0.25) is 9.69 Å². The molecule has 0 aliphatic carbocycles. The number of hydrogen-bond acceptors (Lipinski definition) is 3. The molecule has 2 rings (SSSR count). The van der Waals surface area contributed by atoms with E-state index in [1.54, 1.807) is 0 Å². The molecule has 23 heavy (non-hydrogen) atoms. The molecule has 7 heteroatoms. The lowest BCUT2D eigenvalue weighted by molar-refractivity contribution is -0.160. The number of morpholine rings is 1. The van der Waals surface area contributed by atoms with E-state index in [-0.39, 0.29) is 12.5 Å². The van der Waals surface area contributed by atoms with E-state index in [4.69, 9.17) is 4.74 Å². The molecule has 0 radical (unpaired) electrons. The first kappa shape index (κ1) is 17.7. The summed E-state index contributed by atoms with van der Waals surface area (Å²) in [4.78, 5) is 14.7. The van der Waals surface area contributed by atoms with Crippen molar-refractivity contribution in [2.75, 3.05) is 33.3 Å². The van der Waals surface area contributed by atoms with E-state index in [2.05, 4.69) is 4.90 Å². The molecule has 0 saturated carbocycles. The first-order valence-corrected chi connectivity index (χ1v) is 7.52. The lowest BCUT2D eigenvalue weighted by Crippen LogP contribution is -2.45. The predicted molar refractivity (Wildman–Crippen MR) is 79.8 cm³/mol. The van der Waals surface area contributed by atoms with Crippen molar-refractivity contribution in [3.8, 4) is 0 Å². The van der Waals surface area contributed by atoms with Crippen molar-refractivity contribution in [3.63, 3.8) is 0 Å². The molecule has 0 unspecified atom stereocenters. The summed E-state index contributed by atoms with van der Waals surface area (Å²) in [7, 11) is 1.17. The van der Waals surface area contributed by atoms with Crippen molar-refractivity contribution in [2.45, 2.75) is 25.2 Å².